The Labute approximate surface area is 155 Å². The normalized spacial score (nSPS) is 21.7. The average Bonchev–Trinajstić information content (AvgIpc) is 3.15. The van der Waals surface area contributed by atoms with Crippen LogP contribution in [0.25, 0.3) is 0 Å². The number of rotatable bonds is 6. The molecule has 0 radical (unpaired) electrons. The molecule has 2 aliphatic heterocycles. The number of nitrogens with one attached hydrogen (secondary N) is 2. The molecule has 1 aromatic heterocycles. The molecule has 2 N–H and O–H groups in total. The minimum atomic E-state index is -3.04. The second kappa shape index (κ2) is 8.49. The maximum absolute atomic E-state index is 11.9. The predicted molar refractivity (Wildman–Crippen MR) is 99.2 cm³/mol. The zero-order valence-corrected chi connectivity index (χ0v) is 16.2. The molecular weight excluding hydrogens is 354 g/mol. The fraction of sp³-hybridized carbons (Fsp3) is 0.765. The number of amides is 1. The zero-order chi connectivity index (χ0) is 18.6. The Balaban J connectivity index is 1.33. The van der Waals surface area contributed by atoms with Crippen molar-refractivity contribution in [2.75, 3.05) is 45.5 Å². The third-order valence-electron chi connectivity index (χ3n) is 5.56. The van der Waals surface area contributed by atoms with Gasteiger partial charge in [-0.25, -0.2) is 17.7 Å². The van der Waals surface area contributed by atoms with E-state index in [4.69, 9.17) is 0 Å². The van der Waals surface area contributed by atoms with Gasteiger partial charge in [0.2, 0.25) is 10.0 Å². The second-order valence-corrected chi connectivity index (χ2v) is 9.51. The SMILES string of the molecule is CS(=O)(=O)N1CCC(CN2CCC(CNC(=O)c3cnc[nH]3)CC2)CC1. The lowest BCUT2D eigenvalue weighted by Crippen LogP contribution is -2.44. The summed E-state index contributed by atoms with van der Waals surface area (Å²) in [6.07, 6.45) is 8.42. The number of aromatic nitrogens is 2. The number of carbonyl (C=O) groups excluding carboxylic acids is 1. The summed E-state index contributed by atoms with van der Waals surface area (Å²) < 4.78 is 24.8. The van der Waals surface area contributed by atoms with Gasteiger partial charge in [-0.1, -0.05) is 0 Å². The van der Waals surface area contributed by atoms with E-state index in [1.54, 1.807) is 4.31 Å². The Morgan fingerprint density at radius 1 is 1.19 bits per heavy atom. The number of piperidine rings is 2. The highest BCUT2D eigenvalue weighted by molar-refractivity contribution is 7.88. The standard InChI is InChI=1S/C17H29N5O3S/c1-26(24,25)22-8-4-15(5-9-22)12-21-6-2-14(3-7-21)10-19-17(23)16-11-18-13-20-16/h11,13-15H,2-10,12H2,1H3,(H,18,20)(H,19,23). The number of sulfonamides is 1. The van der Waals surface area contributed by atoms with Crippen molar-refractivity contribution >= 4 is 15.9 Å². The number of likely N-dealkylation sites (tertiary alicyclic amines) is 1. The van der Waals surface area contributed by atoms with Crippen molar-refractivity contribution in [3.63, 3.8) is 0 Å². The minimum absolute atomic E-state index is 0.0948. The van der Waals surface area contributed by atoms with E-state index in [1.807, 2.05) is 0 Å². The lowest BCUT2D eigenvalue weighted by molar-refractivity contribution is 0.0925. The summed E-state index contributed by atoms with van der Waals surface area (Å²) in [5.41, 5.74) is 0.503. The van der Waals surface area contributed by atoms with Crippen LogP contribution in [0.2, 0.25) is 0 Å². The number of carbonyl (C=O) groups is 1. The summed E-state index contributed by atoms with van der Waals surface area (Å²) in [5.74, 6) is 1.01. The number of hydrogen-bond acceptors (Lipinski definition) is 5. The summed E-state index contributed by atoms with van der Waals surface area (Å²) in [6, 6.07) is 0. The third-order valence-corrected chi connectivity index (χ3v) is 6.86. The van der Waals surface area contributed by atoms with Crippen LogP contribution in [0.3, 0.4) is 0 Å². The van der Waals surface area contributed by atoms with Crippen LogP contribution >= 0.6 is 0 Å². The van der Waals surface area contributed by atoms with Crippen molar-refractivity contribution in [2.24, 2.45) is 11.8 Å². The van der Waals surface area contributed by atoms with E-state index in [0.29, 0.717) is 37.2 Å². The fourth-order valence-corrected chi connectivity index (χ4v) is 4.75. The molecule has 0 atom stereocenters. The first-order chi connectivity index (χ1) is 12.4. The van der Waals surface area contributed by atoms with Crippen LogP contribution in [-0.2, 0) is 10.0 Å². The number of H-pyrrole nitrogens is 1. The number of aromatic amines is 1. The molecule has 3 heterocycles. The third kappa shape index (κ3) is 5.28. The van der Waals surface area contributed by atoms with Gasteiger partial charge in [-0.05, 0) is 50.6 Å². The molecule has 0 bridgehead atoms. The van der Waals surface area contributed by atoms with Gasteiger partial charge >= 0.3 is 0 Å². The number of hydrogen-bond donors (Lipinski definition) is 2. The van der Waals surface area contributed by atoms with Crippen molar-refractivity contribution in [3.05, 3.63) is 18.2 Å². The molecule has 26 heavy (non-hydrogen) atoms. The molecule has 3 rings (SSSR count). The van der Waals surface area contributed by atoms with Gasteiger partial charge in [-0.2, -0.15) is 0 Å². The Morgan fingerprint density at radius 3 is 2.42 bits per heavy atom. The Bertz CT molecular complexity index is 675. The fourth-order valence-electron chi connectivity index (χ4n) is 3.87. The molecule has 8 nitrogen and oxygen atoms in total. The van der Waals surface area contributed by atoms with Crippen LogP contribution in [0.15, 0.2) is 12.5 Å². The van der Waals surface area contributed by atoms with Gasteiger partial charge < -0.3 is 15.2 Å². The van der Waals surface area contributed by atoms with Gasteiger partial charge in [-0.15, -0.1) is 0 Å². The summed E-state index contributed by atoms with van der Waals surface area (Å²) in [7, 11) is -3.04. The molecule has 0 unspecified atom stereocenters. The van der Waals surface area contributed by atoms with E-state index in [0.717, 1.165) is 45.3 Å². The molecule has 2 fully saturated rings. The van der Waals surface area contributed by atoms with Gasteiger partial charge in [0.15, 0.2) is 0 Å². The molecule has 0 saturated carbocycles. The summed E-state index contributed by atoms with van der Waals surface area (Å²) in [4.78, 5) is 21.1. The van der Waals surface area contributed by atoms with Crippen molar-refractivity contribution in [1.82, 2.24) is 24.5 Å². The quantitative estimate of drug-likeness (QED) is 0.746. The van der Waals surface area contributed by atoms with E-state index in [9.17, 15) is 13.2 Å². The van der Waals surface area contributed by atoms with Crippen LogP contribution < -0.4 is 5.32 Å². The minimum Gasteiger partial charge on any atom is -0.350 e. The monoisotopic (exact) mass is 383 g/mol. The van der Waals surface area contributed by atoms with Gasteiger partial charge in [0, 0.05) is 26.2 Å². The van der Waals surface area contributed by atoms with Gasteiger partial charge in [0.05, 0.1) is 18.8 Å². The molecule has 9 heteroatoms. The van der Waals surface area contributed by atoms with Crippen LogP contribution in [0.5, 0.6) is 0 Å². The largest absolute Gasteiger partial charge is 0.350 e. The van der Waals surface area contributed by atoms with E-state index >= 15 is 0 Å². The summed E-state index contributed by atoms with van der Waals surface area (Å²) >= 11 is 0. The maximum atomic E-state index is 11.9. The molecule has 1 amide bonds. The van der Waals surface area contributed by atoms with Crippen LogP contribution in [0.4, 0.5) is 0 Å². The molecule has 0 aromatic carbocycles. The van der Waals surface area contributed by atoms with Gasteiger partial charge in [0.25, 0.3) is 5.91 Å². The second-order valence-electron chi connectivity index (χ2n) is 7.52. The lowest BCUT2D eigenvalue weighted by Gasteiger charge is -2.37. The first-order valence-electron chi connectivity index (χ1n) is 9.36. The topological polar surface area (TPSA) is 98.4 Å². The Kier molecular flexibility index (Phi) is 6.31. The Hall–Kier alpha value is -1.45. The average molecular weight is 384 g/mol. The number of nitrogens with zero attached hydrogens (tertiary/aromatic N) is 3. The highest BCUT2D eigenvalue weighted by atomic mass is 32.2. The van der Waals surface area contributed by atoms with Crippen molar-refractivity contribution in [1.29, 1.82) is 0 Å². The molecular formula is C17H29N5O3S. The smallest absolute Gasteiger partial charge is 0.269 e. The first kappa shape index (κ1) is 19.3. The maximum Gasteiger partial charge on any atom is 0.269 e. The highest BCUT2D eigenvalue weighted by Crippen LogP contribution is 2.23. The first-order valence-corrected chi connectivity index (χ1v) is 11.2. The van der Waals surface area contributed by atoms with Gasteiger partial charge in [0.1, 0.15) is 5.69 Å². The number of imidazole rings is 1. The lowest BCUT2D eigenvalue weighted by atomic mass is 9.93. The molecule has 0 spiro atoms. The predicted octanol–water partition coefficient (Wildman–Crippen LogP) is 0.523. The van der Waals surface area contributed by atoms with Crippen molar-refractivity contribution < 1.29 is 13.2 Å². The van der Waals surface area contributed by atoms with E-state index in [1.165, 1.54) is 18.8 Å². The highest BCUT2D eigenvalue weighted by Gasteiger charge is 2.27. The van der Waals surface area contributed by atoms with Crippen LogP contribution in [0.1, 0.15) is 36.2 Å². The van der Waals surface area contributed by atoms with E-state index in [-0.39, 0.29) is 5.91 Å². The van der Waals surface area contributed by atoms with Gasteiger partial charge in [-0.3, -0.25) is 4.79 Å². The molecule has 2 saturated heterocycles. The van der Waals surface area contributed by atoms with Crippen molar-refractivity contribution in [3.8, 4) is 0 Å². The summed E-state index contributed by atoms with van der Waals surface area (Å²) in [6.45, 7) is 5.18. The molecule has 1 aromatic rings. The van der Waals surface area contributed by atoms with Crippen LogP contribution in [-0.4, -0.2) is 79.0 Å². The Morgan fingerprint density at radius 2 is 1.85 bits per heavy atom. The molecule has 146 valence electrons. The van der Waals surface area contributed by atoms with E-state index in [2.05, 4.69) is 20.2 Å². The van der Waals surface area contributed by atoms with E-state index < -0.39 is 10.0 Å². The molecule has 0 aliphatic carbocycles. The van der Waals surface area contributed by atoms with Crippen molar-refractivity contribution in [2.45, 2.75) is 25.7 Å². The molecule has 2 aliphatic rings. The zero-order valence-electron chi connectivity index (χ0n) is 15.4. The summed E-state index contributed by atoms with van der Waals surface area (Å²) in [5, 5.41) is 2.98. The van der Waals surface area contributed by atoms with Crippen LogP contribution in [0, 0.1) is 11.8 Å².